The number of benzene rings is 1. The number of ether oxygens (including phenoxy) is 1. The molecular weight excluding hydrogens is 288 g/mol. The highest BCUT2D eigenvalue weighted by Gasteiger charge is 2.28. The zero-order chi connectivity index (χ0) is 15.9. The second-order valence-electron chi connectivity index (χ2n) is 6.84. The average Bonchev–Trinajstić information content (AvgIpc) is 2.79. The zero-order valence-corrected chi connectivity index (χ0v) is 14.6. The van der Waals surface area contributed by atoms with Crippen molar-refractivity contribution in [3.05, 3.63) is 53.1 Å². The summed E-state index contributed by atoms with van der Waals surface area (Å²) < 4.78 is 5.68. The van der Waals surface area contributed by atoms with Gasteiger partial charge in [-0.25, -0.2) is 0 Å². The SMILES string of the molecule is COc1cc([Si](C)(C)C)c(O)c2c1C1=CC=CC=C(C=C2)C1. The van der Waals surface area contributed by atoms with Gasteiger partial charge in [0.1, 0.15) is 11.5 Å². The molecule has 1 aromatic rings. The van der Waals surface area contributed by atoms with Crippen molar-refractivity contribution in [1.82, 2.24) is 0 Å². The maximum atomic E-state index is 10.9. The molecule has 0 radical (unpaired) electrons. The minimum absolute atomic E-state index is 0.419. The van der Waals surface area contributed by atoms with Crippen LogP contribution in [0.3, 0.4) is 0 Å². The van der Waals surface area contributed by atoms with E-state index in [1.54, 1.807) is 7.11 Å². The fourth-order valence-corrected chi connectivity index (χ4v) is 4.47. The van der Waals surface area contributed by atoms with Crippen LogP contribution < -0.4 is 9.92 Å². The smallest absolute Gasteiger partial charge is 0.127 e. The van der Waals surface area contributed by atoms with Crippen molar-refractivity contribution >= 4 is 24.9 Å². The van der Waals surface area contributed by atoms with Crippen LogP contribution in [0.1, 0.15) is 17.5 Å². The minimum Gasteiger partial charge on any atom is -0.507 e. The first-order valence-electron chi connectivity index (χ1n) is 7.61. The van der Waals surface area contributed by atoms with Crippen molar-refractivity contribution in [2.75, 3.05) is 7.11 Å². The Kier molecular flexibility index (Phi) is 3.61. The van der Waals surface area contributed by atoms with Crippen molar-refractivity contribution in [2.45, 2.75) is 26.1 Å². The molecule has 2 aliphatic carbocycles. The standard InChI is InChI=1S/C19H22O2Si/c1-21-16-12-17(22(2,3)4)19(20)15-10-9-13-7-5-6-8-14(11-13)18(15)16/h5-10,12,20H,11H2,1-4H3. The van der Waals surface area contributed by atoms with Gasteiger partial charge < -0.3 is 9.84 Å². The summed E-state index contributed by atoms with van der Waals surface area (Å²) in [5.41, 5.74) is 4.34. The highest BCUT2D eigenvalue weighted by Crippen LogP contribution is 2.41. The van der Waals surface area contributed by atoms with E-state index in [2.05, 4.69) is 43.9 Å². The summed E-state index contributed by atoms with van der Waals surface area (Å²) in [4.78, 5) is 0. The molecule has 0 spiro atoms. The highest BCUT2D eigenvalue weighted by molar-refractivity contribution is 6.89. The summed E-state index contributed by atoms with van der Waals surface area (Å²) in [5.74, 6) is 1.28. The second-order valence-corrected chi connectivity index (χ2v) is 11.9. The number of allylic oxidation sites excluding steroid dienone is 7. The third-order valence-corrected chi connectivity index (χ3v) is 6.23. The number of fused-ring (bicyclic) bond motifs is 4. The zero-order valence-electron chi connectivity index (χ0n) is 13.6. The van der Waals surface area contributed by atoms with E-state index in [9.17, 15) is 5.11 Å². The van der Waals surface area contributed by atoms with E-state index in [1.807, 2.05) is 18.2 Å². The molecule has 2 aliphatic rings. The largest absolute Gasteiger partial charge is 0.507 e. The Balaban J connectivity index is 2.35. The van der Waals surface area contributed by atoms with Crippen LogP contribution in [-0.2, 0) is 0 Å². The molecular formula is C19H22O2Si. The van der Waals surface area contributed by atoms with Gasteiger partial charge in [-0.15, -0.1) is 0 Å². The van der Waals surface area contributed by atoms with Crippen LogP contribution in [0.5, 0.6) is 11.5 Å². The third kappa shape index (κ3) is 2.46. The number of phenols is 1. The predicted molar refractivity (Wildman–Crippen MR) is 96.5 cm³/mol. The lowest BCUT2D eigenvalue weighted by atomic mass is 9.96. The lowest BCUT2D eigenvalue weighted by Crippen LogP contribution is -2.38. The van der Waals surface area contributed by atoms with E-state index in [1.165, 1.54) is 11.1 Å². The van der Waals surface area contributed by atoms with Crippen molar-refractivity contribution in [1.29, 1.82) is 0 Å². The average molecular weight is 310 g/mol. The first-order chi connectivity index (χ1) is 10.4. The van der Waals surface area contributed by atoms with Gasteiger partial charge in [-0.05, 0) is 28.8 Å². The molecule has 3 heteroatoms. The maximum Gasteiger partial charge on any atom is 0.127 e. The van der Waals surface area contributed by atoms with E-state index in [0.29, 0.717) is 5.75 Å². The summed E-state index contributed by atoms with van der Waals surface area (Å²) in [5, 5.41) is 11.9. The summed E-state index contributed by atoms with van der Waals surface area (Å²) in [6, 6.07) is 2.04. The van der Waals surface area contributed by atoms with E-state index >= 15 is 0 Å². The maximum absolute atomic E-state index is 10.9. The van der Waals surface area contributed by atoms with Crippen molar-refractivity contribution in [2.24, 2.45) is 0 Å². The minimum atomic E-state index is -1.66. The molecule has 0 saturated heterocycles. The van der Waals surface area contributed by atoms with Gasteiger partial charge in [0.15, 0.2) is 0 Å². The number of methoxy groups -OCH3 is 1. The summed E-state index contributed by atoms with van der Waals surface area (Å²) >= 11 is 0. The molecule has 1 N–H and O–H groups in total. The fourth-order valence-electron chi connectivity index (χ4n) is 3.06. The summed E-state index contributed by atoms with van der Waals surface area (Å²) in [6.45, 7) is 6.72. The topological polar surface area (TPSA) is 29.5 Å². The molecule has 0 amide bonds. The van der Waals surface area contributed by atoms with E-state index in [-0.39, 0.29) is 0 Å². The van der Waals surface area contributed by atoms with Crippen LogP contribution in [0.25, 0.3) is 11.6 Å². The molecule has 114 valence electrons. The molecule has 1 aromatic carbocycles. The Morgan fingerprint density at radius 1 is 1.09 bits per heavy atom. The van der Waals surface area contributed by atoms with Gasteiger partial charge in [0.25, 0.3) is 0 Å². The second kappa shape index (κ2) is 5.32. The highest BCUT2D eigenvalue weighted by atomic mass is 28.3. The first-order valence-corrected chi connectivity index (χ1v) is 11.1. The normalized spacial score (nSPS) is 16.4. The molecule has 0 fully saturated rings. The number of rotatable bonds is 2. The lowest BCUT2D eigenvalue weighted by molar-refractivity contribution is 0.411. The van der Waals surface area contributed by atoms with Crippen molar-refractivity contribution < 1.29 is 9.84 Å². The molecule has 0 atom stereocenters. The number of aromatic hydroxyl groups is 1. The Bertz CT molecular complexity index is 744. The number of phenolic OH excluding ortho intramolecular Hbond substituents is 1. The molecule has 0 saturated carbocycles. The van der Waals surface area contributed by atoms with E-state index in [0.717, 1.165) is 28.5 Å². The number of hydrogen-bond donors (Lipinski definition) is 1. The Hall–Kier alpha value is -2.00. The van der Waals surface area contributed by atoms with E-state index in [4.69, 9.17) is 4.74 Å². The Morgan fingerprint density at radius 2 is 1.82 bits per heavy atom. The molecule has 2 nitrogen and oxygen atoms in total. The Morgan fingerprint density at radius 3 is 2.50 bits per heavy atom. The lowest BCUT2D eigenvalue weighted by Gasteiger charge is -2.23. The van der Waals surface area contributed by atoms with Gasteiger partial charge in [0.2, 0.25) is 0 Å². The van der Waals surface area contributed by atoms with Crippen LogP contribution >= 0.6 is 0 Å². The van der Waals surface area contributed by atoms with Gasteiger partial charge in [-0.3, -0.25) is 0 Å². The molecule has 2 bridgehead atoms. The molecule has 0 unspecified atom stereocenters. The molecule has 22 heavy (non-hydrogen) atoms. The van der Waals surface area contributed by atoms with E-state index < -0.39 is 8.07 Å². The molecule has 0 heterocycles. The van der Waals surface area contributed by atoms with Crippen molar-refractivity contribution in [3.8, 4) is 11.5 Å². The van der Waals surface area contributed by atoms with Crippen LogP contribution in [0, 0.1) is 0 Å². The third-order valence-electron chi connectivity index (χ3n) is 4.23. The fraction of sp³-hybridized carbons (Fsp3) is 0.263. The molecule has 3 rings (SSSR count). The summed E-state index contributed by atoms with van der Waals surface area (Å²) in [6.07, 6.45) is 13.3. The molecule has 0 aromatic heterocycles. The number of hydrogen-bond acceptors (Lipinski definition) is 2. The quantitative estimate of drug-likeness (QED) is 0.828. The van der Waals surface area contributed by atoms with Crippen LogP contribution in [0.2, 0.25) is 19.6 Å². The van der Waals surface area contributed by atoms with Gasteiger partial charge in [0, 0.05) is 11.1 Å². The van der Waals surface area contributed by atoms with Crippen molar-refractivity contribution in [3.63, 3.8) is 0 Å². The Labute approximate surface area is 133 Å². The van der Waals surface area contributed by atoms with Crippen LogP contribution in [0.15, 0.2) is 42.0 Å². The van der Waals surface area contributed by atoms with Gasteiger partial charge in [0.05, 0.1) is 15.2 Å². The van der Waals surface area contributed by atoms with Gasteiger partial charge >= 0.3 is 0 Å². The first kappa shape index (κ1) is 14.9. The van der Waals surface area contributed by atoms with Gasteiger partial charge in [-0.1, -0.05) is 56.1 Å². The monoisotopic (exact) mass is 310 g/mol. The van der Waals surface area contributed by atoms with Gasteiger partial charge in [-0.2, -0.15) is 0 Å². The van der Waals surface area contributed by atoms with Crippen LogP contribution in [-0.4, -0.2) is 20.3 Å². The molecule has 0 aliphatic heterocycles. The summed E-state index contributed by atoms with van der Waals surface area (Å²) in [7, 11) is 0.0508. The predicted octanol–water partition coefficient (Wildman–Crippen LogP) is 4.24. The van der Waals surface area contributed by atoms with Crippen LogP contribution in [0.4, 0.5) is 0 Å².